The van der Waals surface area contributed by atoms with Gasteiger partial charge < -0.3 is 29.9 Å². The van der Waals surface area contributed by atoms with Crippen molar-refractivity contribution < 1.29 is 39.5 Å². The number of rotatable bonds is 8. The Morgan fingerprint density at radius 1 is 0.662 bits per heavy atom. The van der Waals surface area contributed by atoms with E-state index in [9.17, 15) is 30.0 Å². The van der Waals surface area contributed by atoms with Crippen molar-refractivity contribution in [3.05, 3.63) is 70.9 Å². The molecular formula is C60H84O8. The average molecular weight is 933 g/mol. The number of carbonyl (C=O) groups is 2. The first kappa shape index (κ1) is 52.2. The van der Waals surface area contributed by atoms with Crippen molar-refractivity contribution in [1.82, 2.24) is 0 Å². The summed E-state index contributed by atoms with van der Waals surface area (Å²) < 4.78 is 11.0. The zero-order valence-corrected chi connectivity index (χ0v) is 42.9. The lowest BCUT2D eigenvalue weighted by Gasteiger charge is -2.45. The van der Waals surface area contributed by atoms with Gasteiger partial charge in [0.25, 0.3) is 0 Å². The highest BCUT2D eigenvalue weighted by atomic mass is 16.6. The van der Waals surface area contributed by atoms with Gasteiger partial charge in [-0.2, -0.15) is 0 Å². The normalized spacial score (nSPS) is 37.2. The number of esters is 2. The van der Waals surface area contributed by atoms with Crippen LogP contribution in [0.5, 0.6) is 0 Å². The molecule has 4 N–H and O–H groups in total. The Morgan fingerprint density at radius 3 is 1.54 bits per heavy atom. The highest BCUT2D eigenvalue weighted by Gasteiger charge is 2.62. The van der Waals surface area contributed by atoms with Crippen LogP contribution in [0.4, 0.5) is 0 Å². The molecule has 0 spiro atoms. The Balaban J connectivity index is 0.000000204. The summed E-state index contributed by atoms with van der Waals surface area (Å²) in [7, 11) is 0. The smallest absolute Gasteiger partial charge is 0.303 e. The minimum absolute atomic E-state index is 0.277. The van der Waals surface area contributed by atoms with Crippen molar-refractivity contribution in [2.75, 3.05) is 0 Å². The van der Waals surface area contributed by atoms with Gasteiger partial charge >= 0.3 is 11.9 Å². The molecule has 8 rings (SSSR count). The summed E-state index contributed by atoms with van der Waals surface area (Å²) in [6.07, 6.45) is 28.1. The van der Waals surface area contributed by atoms with E-state index in [1.807, 2.05) is 0 Å². The van der Waals surface area contributed by atoms with E-state index >= 15 is 0 Å². The second-order valence-corrected chi connectivity index (χ2v) is 24.2. The molecule has 68 heavy (non-hydrogen) atoms. The van der Waals surface area contributed by atoms with Gasteiger partial charge in [0.2, 0.25) is 0 Å². The van der Waals surface area contributed by atoms with Crippen molar-refractivity contribution in [3.8, 4) is 23.7 Å². The average Bonchev–Trinajstić information content (AvgIpc) is 4.12. The second kappa shape index (κ2) is 20.2. The van der Waals surface area contributed by atoms with Gasteiger partial charge in [-0.25, -0.2) is 0 Å². The van der Waals surface area contributed by atoms with Crippen LogP contribution in [0.3, 0.4) is 0 Å². The molecule has 0 aromatic heterocycles. The monoisotopic (exact) mass is 933 g/mol. The lowest BCUT2D eigenvalue weighted by atomic mass is 9.59. The van der Waals surface area contributed by atoms with Gasteiger partial charge in [-0.3, -0.25) is 9.59 Å². The quantitative estimate of drug-likeness (QED) is 0.140. The molecule has 8 aliphatic rings. The molecule has 0 aromatic rings. The van der Waals surface area contributed by atoms with Gasteiger partial charge in [0.15, 0.2) is 0 Å². The van der Waals surface area contributed by atoms with E-state index in [4.69, 9.17) is 9.47 Å². The van der Waals surface area contributed by atoms with Crippen LogP contribution in [-0.4, -0.2) is 68.0 Å². The van der Waals surface area contributed by atoms with Crippen LogP contribution in [0.2, 0.25) is 0 Å². The van der Waals surface area contributed by atoms with Crippen LogP contribution in [-0.2, 0) is 19.1 Å². The van der Waals surface area contributed by atoms with Gasteiger partial charge in [0, 0.05) is 46.0 Å². The predicted molar refractivity (Wildman–Crippen MR) is 269 cm³/mol. The van der Waals surface area contributed by atoms with E-state index < -0.39 is 29.5 Å². The van der Waals surface area contributed by atoms with Crippen LogP contribution in [0.25, 0.3) is 0 Å². The minimum Gasteiger partial charge on any atom is -0.462 e. The van der Waals surface area contributed by atoms with E-state index in [2.05, 4.69) is 75.0 Å². The number of aliphatic hydroxyl groups is 4. The molecular weight excluding hydrogens is 849 g/mol. The van der Waals surface area contributed by atoms with Crippen molar-refractivity contribution in [2.24, 2.45) is 45.3 Å². The highest BCUT2D eigenvalue weighted by molar-refractivity contribution is 5.67. The molecule has 0 aromatic carbocycles. The number of fused-ring (bicyclic) bond motifs is 2. The van der Waals surface area contributed by atoms with E-state index in [0.29, 0.717) is 65.6 Å². The summed E-state index contributed by atoms with van der Waals surface area (Å²) in [5.41, 5.74) is 6.07. The largest absolute Gasteiger partial charge is 0.462 e. The topological polar surface area (TPSA) is 134 Å². The van der Waals surface area contributed by atoms with E-state index in [1.54, 1.807) is 33.3 Å². The zero-order valence-electron chi connectivity index (χ0n) is 42.9. The van der Waals surface area contributed by atoms with E-state index in [1.165, 1.54) is 96.5 Å². The molecule has 8 saturated carbocycles. The lowest BCUT2D eigenvalue weighted by molar-refractivity contribution is -0.152. The highest BCUT2D eigenvalue weighted by Crippen LogP contribution is 2.71. The van der Waals surface area contributed by atoms with Gasteiger partial charge in [-0.1, -0.05) is 86.1 Å². The van der Waals surface area contributed by atoms with Crippen LogP contribution in [0.15, 0.2) is 70.9 Å². The van der Waals surface area contributed by atoms with Crippen molar-refractivity contribution in [3.63, 3.8) is 0 Å². The molecule has 10 atom stereocenters. The molecule has 0 heterocycles. The molecule has 6 unspecified atom stereocenters. The third-order valence-corrected chi connectivity index (χ3v) is 18.0. The molecule has 8 heteroatoms. The Bertz CT molecular complexity index is 2210. The van der Waals surface area contributed by atoms with E-state index in [0.717, 1.165) is 48.0 Å². The first-order valence-corrected chi connectivity index (χ1v) is 26.2. The summed E-state index contributed by atoms with van der Waals surface area (Å²) in [4.78, 5) is 23.3. The summed E-state index contributed by atoms with van der Waals surface area (Å²) in [6, 6.07) is 0. The molecule has 8 fully saturated rings. The SMILES string of the molecule is C=C1/C(=C\C=C2/CCC[C@@]3(C)C2CCC3C2(CC#CC(C)(C)O)CC2)CC(O)C[C@@H]1O.C=C1/C(=C\C=C2/CCC[C@@]3(C)C2CCC3C2(CC#CC(C)(C)O)CC2)CC(OC(C)=O)C[C@@H]1OC(C)=O. The third kappa shape index (κ3) is 11.9. The number of hydrogen-bond donors (Lipinski definition) is 4. The fourth-order valence-electron chi connectivity index (χ4n) is 14.5. The van der Waals surface area contributed by atoms with Crippen LogP contribution < -0.4 is 0 Å². The molecule has 0 saturated heterocycles. The standard InChI is InChI=1S/C32H44O5.C28H40O3/c1-21-25(19-26(36-22(2)33)20-28(21)37-23(3)34)11-10-24-9-7-15-31(6)27(24)12-13-29(31)32(17-18-32)16-8-14-30(4,5)35;1-19-21(17-22(29)18-24(19)30)9-8-20-7-5-13-27(4)23(20)10-11-25(27)28(15-16-28)14-6-12-26(2,3)31/h10-11,26-29,35H,1,7,9,12-13,15-20H2,2-6H3;8-9,22-25,29-31H,1,5,7,10-11,13-18H2,2-4H3/b24-10+,25-11-;20-8+,21-9-/t26?,27?,28-,29?,31-;22?,23?,24-,25?,27-/m00/s1. The Hall–Kier alpha value is -3.66. The second-order valence-electron chi connectivity index (χ2n) is 24.2. The maximum atomic E-state index is 11.7. The van der Waals surface area contributed by atoms with Crippen LogP contribution in [0, 0.1) is 69.0 Å². The molecule has 8 nitrogen and oxygen atoms in total. The van der Waals surface area contributed by atoms with Crippen LogP contribution in [0.1, 0.15) is 184 Å². The van der Waals surface area contributed by atoms with Crippen LogP contribution >= 0.6 is 0 Å². The number of hydrogen-bond acceptors (Lipinski definition) is 8. The summed E-state index contributed by atoms with van der Waals surface area (Å²) >= 11 is 0. The summed E-state index contributed by atoms with van der Waals surface area (Å²) in [5.74, 6) is 14.6. The van der Waals surface area contributed by atoms with E-state index in [-0.39, 0.29) is 23.5 Å². The molecule has 372 valence electrons. The first-order chi connectivity index (χ1) is 31.9. The molecule has 0 bridgehead atoms. The summed E-state index contributed by atoms with van der Waals surface area (Å²) in [5, 5.41) is 40.2. The third-order valence-electron chi connectivity index (χ3n) is 18.0. The molecule has 0 radical (unpaired) electrons. The maximum Gasteiger partial charge on any atom is 0.303 e. The Morgan fingerprint density at radius 2 is 1.12 bits per heavy atom. The maximum absolute atomic E-state index is 11.7. The summed E-state index contributed by atoms with van der Waals surface area (Å²) in [6.45, 7) is 23.2. The van der Waals surface area contributed by atoms with Gasteiger partial charge in [0.1, 0.15) is 23.4 Å². The fourth-order valence-corrected chi connectivity index (χ4v) is 14.5. The van der Waals surface area contributed by atoms with Gasteiger partial charge in [-0.05, 0) is 192 Å². The predicted octanol–water partition coefficient (Wildman–Crippen LogP) is 11.3. The van der Waals surface area contributed by atoms with Gasteiger partial charge in [0.05, 0.1) is 12.2 Å². The van der Waals surface area contributed by atoms with Crippen molar-refractivity contribution >= 4 is 11.9 Å². The molecule has 8 aliphatic carbocycles. The fraction of sp³-hybridized carbons (Fsp3) is 0.700. The Kier molecular flexibility index (Phi) is 15.5. The number of ether oxygens (including phenoxy) is 2. The van der Waals surface area contributed by atoms with Crippen molar-refractivity contribution in [2.45, 2.75) is 219 Å². The molecule has 0 aliphatic heterocycles. The lowest BCUT2D eigenvalue weighted by Crippen LogP contribution is -2.37. The first-order valence-electron chi connectivity index (χ1n) is 26.2. The van der Waals surface area contributed by atoms with Crippen molar-refractivity contribution in [1.29, 1.82) is 0 Å². The minimum atomic E-state index is -0.932. The number of carbonyl (C=O) groups excluding carboxylic acids is 2. The molecule has 0 amide bonds. The van der Waals surface area contributed by atoms with Gasteiger partial charge in [-0.15, -0.1) is 0 Å². The number of aliphatic hydroxyl groups excluding tert-OH is 2. The number of allylic oxidation sites excluding steroid dienone is 6. The zero-order chi connectivity index (χ0) is 49.5. The Labute approximate surface area is 409 Å².